The van der Waals surface area contributed by atoms with Crippen LogP contribution in [0.25, 0.3) is 0 Å². The zero-order valence-corrected chi connectivity index (χ0v) is 12.1. The molecule has 2 aliphatic rings. The topological polar surface area (TPSA) is 59.8 Å². The van der Waals surface area contributed by atoms with Crippen molar-refractivity contribution in [1.29, 1.82) is 0 Å². The molecular weight excluding hydrogens is 297 g/mol. The Morgan fingerprint density at radius 1 is 1.27 bits per heavy atom. The summed E-state index contributed by atoms with van der Waals surface area (Å²) in [4.78, 5) is 16.4. The van der Waals surface area contributed by atoms with Gasteiger partial charge >= 0.3 is 6.18 Å². The maximum Gasteiger partial charge on any atom is 0.392 e. The molecule has 1 fully saturated rings. The third-order valence-corrected chi connectivity index (χ3v) is 4.68. The van der Waals surface area contributed by atoms with Gasteiger partial charge in [-0.1, -0.05) is 12.8 Å². The van der Waals surface area contributed by atoms with Crippen molar-refractivity contribution < 1.29 is 18.0 Å². The van der Waals surface area contributed by atoms with Crippen molar-refractivity contribution >= 4 is 5.91 Å². The minimum Gasteiger partial charge on any atom is -0.351 e. The number of carbonyl (C=O) groups excluding carboxylic acids is 1. The molecule has 5 nitrogen and oxygen atoms in total. The van der Waals surface area contributed by atoms with Crippen molar-refractivity contribution in [3.8, 4) is 0 Å². The lowest BCUT2D eigenvalue weighted by atomic mass is 9.78. The van der Waals surface area contributed by atoms with E-state index < -0.39 is 23.9 Å². The molecule has 0 bridgehead atoms. The van der Waals surface area contributed by atoms with Crippen LogP contribution >= 0.6 is 0 Å². The van der Waals surface area contributed by atoms with E-state index in [0.29, 0.717) is 38.6 Å². The van der Waals surface area contributed by atoms with Crippen LogP contribution in [0, 0.1) is 11.8 Å². The maximum atomic E-state index is 13.1. The van der Waals surface area contributed by atoms with Crippen molar-refractivity contribution in [3.05, 3.63) is 12.2 Å². The Balaban J connectivity index is 1.64. The summed E-state index contributed by atoms with van der Waals surface area (Å²) in [6.07, 6.45) is 0.125. The Labute approximate surface area is 126 Å². The van der Waals surface area contributed by atoms with E-state index in [-0.39, 0.29) is 12.5 Å². The van der Waals surface area contributed by atoms with Gasteiger partial charge in [-0.15, -0.1) is 0 Å². The molecule has 0 unspecified atom stereocenters. The van der Waals surface area contributed by atoms with Gasteiger partial charge in [-0.3, -0.25) is 4.79 Å². The summed E-state index contributed by atoms with van der Waals surface area (Å²) in [5, 5.41) is 6.85. The third kappa shape index (κ3) is 3.10. The van der Waals surface area contributed by atoms with E-state index in [0.717, 1.165) is 5.82 Å². The Morgan fingerprint density at radius 2 is 2.05 bits per heavy atom. The number of rotatable bonds is 2. The first-order valence-electron chi connectivity index (χ1n) is 7.69. The smallest absolute Gasteiger partial charge is 0.351 e. The van der Waals surface area contributed by atoms with Crippen LogP contribution in [0.3, 0.4) is 0 Å². The number of amides is 1. The fraction of sp³-hybridized carbons (Fsp3) is 0.786. The minimum atomic E-state index is -4.30. The highest BCUT2D eigenvalue weighted by atomic mass is 19.4. The molecule has 3 atom stereocenters. The Morgan fingerprint density at radius 3 is 2.82 bits per heavy atom. The van der Waals surface area contributed by atoms with Gasteiger partial charge in [0.15, 0.2) is 0 Å². The maximum absolute atomic E-state index is 13.1. The molecule has 1 aliphatic heterocycles. The molecule has 2 heterocycles. The standard InChI is InChI=1S/C14H19F3N4O/c15-14(16,17)11-4-2-1-3-10(11)13(22)20-9-5-6-12-18-8-19-21(12)7-9/h8-11H,1-7H2,(H,20,22)/t9-,10+,11-/m1/s1. The first-order valence-corrected chi connectivity index (χ1v) is 7.69. The number of carbonyl (C=O) groups is 1. The number of nitrogens with zero attached hydrogens (tertiary/aromatic N) is 3. The highest BCUT2D eigenvalue weighted by Gasteiger charge is 2.48. The van der Waals surface area contributed by atoms with Crippen molar-refractivity contribution in [2.45, 2.75) is 57.3 Å². The van der Waals surface area contributed by atoms with Crippen molar-refractivity contribution in [1.82, 2.24) is 20.1 Å². The fourth-order valence-electron chi connectivity index (χ4n) is 3.50. The zero-order valence-electron chi connectivity index (χ0n) is 12.1. The highest BCUT2D eigenvalue weighted by Crippen LogP contribution is 2.41. The molecule has 1 aliphatic carbocycles. The molecule has 22 heavy (non-hydrogen) atoms. The molecule has 1 aromatic heterocycles. The SMILES string of the molecule is O=C(N[C@@H]1CCc2ncnn2C1)[C@H]1CCCC[C@H]1C(F)(F)F. The van der Waals surface area contributed by atoms with Gasteiger partial charge in [-0.2, -0.15) is 18.3 Å². The molecule has 0 saturated heterocycles. The molecule has 8 heteroatoms. The summed E-state index contributed by atoms with van der Waals surface area (Å²) in [6, 6.07) is -0.169. The molecule has 1 saturated carbocycles. The van der Waals surface area contributed by atoms with Gasteiger partial charge in [0.1, 0.15) is 12.2 Å². The van der Waals surface area contributed by atoms with Gasteiger partial charge in [0.2, 0.25) is 5.91 Å². The lowest BCUT2D eigenvalue weighted by Crippen LogP contribution is -2.48. The molecule has 0 spiro atoms. The summed E-state index contributed by atoms with van der Waals surface area (Å²) < 4.78 is 41.0. The molecule has 122 valence electrons. The molecule has 0 aromatic carbocycles. The van der Waals surface area contributed by atoms with Gasteiger partial charge in [0.05, 0.1) is 12.5 Å². The summed E-state index contributed by atoms with van der Waals surface area (Å²) in [5.41, 5.74) is 0. The average Bonchev–Trinajstić information content (AvgIpc) is 2.94. The highest BCUT2D eigenvalue weighted by molar-refractivity contribution is 5.79. The summed E-state index contributed by atoms with van der Waals surface area (Å²) >= 11 is 0. The summed E-state index contributed by atoms with van der Waals surface area (Å²) in [5.74, 6) is -2.07. The number of halogens is 3. The normalized spacial score (nSPS) is 29.0. The van der Waals surface area contributed by atoms with E-state index in [4.69, 9.17) is 0 Å². The first-order chi connectivity index (χ1) is 10.4. The zero-order chi connectivity index (χ0) is 15.7. The van der Waals surface area contributed by atoms with E-state index in [1.165, 1.54) is 6.33 Å². The van der Waals surface area contributed by atoms with Crippen LogP contribution < -0.4 is 5.32 Å². The van der Waals surface area contributed by atoms with Gasteiger partial charge in [-0.25, -0.2) is 9.67 Å². The molecular formula is C14H19F3N4O. The van der Waals surface area contributed by atoms with Gasteiger partial charge in [0, 0.05) is 18.4 Å². The van der Waals surface area contributed by atoms with E-state index >= 15 is 0 Å². The van der Waals surface area contributed by atoms with Crippen molar-refractivity contribution in [3.63, 3.8) is 0 Å². The summed E-state index contributed by atoms with van der Waals surface area (Å²) in [7, 11) is 0. The van der Waals surface area contributed by atoms with E-state index in [1.807, 2.05) is 0 Å². The quantitative estimate of drug-likeness (QED) is 0.909. The van der Waals surface area contributed by atoms with E-state index in [2.05, 4.69) is 15.4 Å². The molecule has 1 aromatic rings. The molecule has 3 rings (SSSR count). The van der Waals surface area contributed by atoms with Gasteiger partial charge in [-0.05, 0) is 19.3 Å². The predicted molar refractivity (Wildman–Crippen MR) is 71.8 cm³/mol. The molecule has 1 amide bonds. The van der Waals surface area contributed by atoms with E-state index in [9.17, 15) is 18.0 Å². The lowest BCUT2D eigenvalue weighted by Gasteiger charge is -2.33. The van der Waals surface area contributed by atoms with Crippen LogP contribution in [0.2, 0.25) is 0 Å². The fourth-order valence-corrected chi connectivity index (χ4v) is 3.50. The largest absolute Gasteiger partial charge is 0.392 e. The lowest BCUT2D eigenvalue weighted by molar-refractivity contribution is -0.198. The van der Waals surface area contributed by atoms with Crippen LogP contribution in [0.5, 0.6) is 0 Å². The Hall–Kier alpha value is -1.60. The number of nitrogens with one attached hydrogen (secondary N) is 1. The Kier molecular flexibility index (Phi) is 4.10. The minimum absolute atomic E-state index is 0.0550. The van der Waals surface area contributed by atoms with Gasteiger partial charge in [0.25, 0.3) is 0 Å². The van der Waals surface area contributed by atoms with Crippen LogP contribution in [-0.4, -0.2) is 32.9 Å². The van der Waals surface area contributed by atoms with Crippen molar-refractivity contribution in [2.75, 3.05) is 0 Å². The number of hydrogen-bond donors (Lipinski definition) is 1. The predicted octanol–water partition coefficient (Wildman–Crippen LogP) is 2.08. The van der Waals surface area contributed by atoms with Gasteiger partial charge < -0.3 is 5.32 Å². The van der Waals surface area contributed by atoms with Crippen LogP contribution in [0.4, 0.5) is 13.2 Å². The molecule has 0 radical (unpaired) electrons. The van der Waals surface area contributed by atoms with Crippen LogP contribution in [0.15, 0.2) is 6.33 Å². The second-order valence-electron chi connectivity index (χ2n) is 6.14. The third-order valence-electron chi connectivity index (χ3n) is 4.68. The second-order valence-corrected chi connectivity index (χ2v) is 6.14. The monoisotopic (exact) mass is 316 g/mol. The van der Waals surface area contributed by atoms with Crippen LogP contribution in [-0.2, 0) is 17.8 Å². The van der Waals surface area contributed by atoms with E-state index in [1.54, 1.807) is 4.68 Å². The number of aromatic nitrogens is 3. The molecule has 1 N–H and O–H groups in total. The number of alkyl halides is 3. The first kappa shape index (κ1) is 15.3. The average molecular weight is 316 g/mol. The summed E-state index contributed by atoms with van der Waals surface area (Å²) in [6.45, 7) is 0.477. The van der Waals surface area contributed by atoms with Crippen LogP contribution in [0.1, 0.15) is 37.9 Å². The second kappa shape index (κ2) is 5.89. The van der Waals surface area contributed by atoms with Crippen molar-refractivity contribution in [2.24, 2.45) is 11.8 Å². The number of fused-ring (bicyclic) bond motifs is 1. The Bertz CT molecular complexity index is 542. The number of aryl methyl sites for hydroxylation is 1. The number of hydrogen-bond acceptors (Lipinski definition) is 3.